The molecule has 4 aromatic carbocycles. The zero-order valence-electron chi connectivity index (χ0n) is 14.1. The second-order valence-electron chi connectivity index (χ2n) is 6.66. The van der Waals surface area contributed by atoms with Crippen molar-refractivity contribution in [3.63, 3.8) is 0 Å². The first-order valence-corrected chi connectivity index (χ1v) is 8.67. The van der Waals surface area contributed by atoms with Gasteiger partial charge in [0.05, 0.1) is 0 Å². The average molecular weight is 322 g/mol. The molecule has 1 heterocycles. The van der Waals surface area contributed by atoms with E-state index in [-0.39, 0.29) is 0 Å². The largest absolute Gasteiger partial charge is 0.455 e. The van der Waals surface area contributed by atoms with E-state index in [1.165, 1.54) is 38.2 Å². The van der Waals surface area contributed by atoms with Gasteiger partial charge in [0.25, 0.3) is 0 Å². The highest BCUT2D eigenvalue weighted by atomic mass is 16.3. The van der Waals surface area contributed by atoms with Crippen molar-refractivity contribution < 1.29 is 4.42 Å². The molecule has 0 radical (unpaired) electrons. The third-order valence-corrected chi connectivity index (χ3v) is 5.08. The van der Waals surface area contributed by atoms with E-state index in [0.29, 0.717) is 0 Å². The van der Waals surface area contributed by atoms with E-state index in [2.05, 4.69) is 85.8 Å². The lowest BCUT2D eigenvalue weighted by molar-refractivity contribution is 0.662. The van der Waals surface area contributed by atoms with E-state index < -0.39 is 0 Å². The fourth-order valence-electron chi connectivity index (χ4n) is 3.82. The molecule has 0 amide bonds. The minimum Gasteiger partial charge on any atom is -0.455 e. The topological polar surface area (TPSA) is 13.1 Å². The molecule has 0 bridgehead atoms. The van der Waals surface area contributed by atoms with Crippen molar-refractivity contribution in [2.75, 3.05) is 0 Å². The van der Waals surface area contributed by atoms with Gasteiger partial charge in [0.15, 0.2) is 0 Å². The van der Waals surface area contributed by atoms with E-state index in [9.17, 15) is 0 Å². The number of benzene rings is 4. The Hall–Kier alpha value is -3.06. The predicted molar refractivity (Wildman–Crippen MR) is 105 cm³/mol. The molecule has 0 aliphatic rings. The SMILES string of the molecule is Cc1c2ccccc2cc2c1oc1c(Cc3ccccc3)cccc12. The summed E-state index contributed by atoms with van der Waals surface area (Å²) in [5.74, 6) is 0. The van der Waals surface area contributed by atoms with Crippen LogP contribution in [0.1, 0.15) is 16.7 Å². The summed E-state index contributed by atoms with van der Waals surface area (Å²) in [6.07, 6.45) is 0.885. The van der Waals surface area contributed by atoms with Gasteiger partial charge in [-0.05, 0) is 34.9 Å². The van der Waals surface area contributed by atoms with Crippen LogP contribution in [0.5, 0.6) is 0 Å². The summed E-state index contributed by atoms with van der Waals surface area (Å²) in [4.78, 5) is 0. The molecule has 0 aliphatic heterocycles. The highest BCUT2D eigenvalue weighted by Gasteiger charge is 2.14. The monoisotopic (exact) mass is 322 g/mol. The van der Waals surface area contributed by atoms with E-state index >= 15 is 0 Å². The Bertz CT molecular complexity index is 1210. The van der Waals surface area contributed by atoms with Crippen LogP contribution < -0.4 is 0 Å². The fraction of sp³-hybridized carbons (Fsp3) is 0.0833. The number of para-hydroxylation sites is 1. The molecule has 0 saturated carbocycles. The molecule has 120 valence electrons. The molecule has 0 saturated heterocycles. The van der Waals surface area contributed by atoms with Crippen molar-refractivity contribution in [2.45, 2.75) is 13.3 Å². The minimum absolute atomic E-state index is 0.885. The van der Waals surface area contributed by atoms with Crippen LogP contribution in [0.2, 0.25) is 0 Å². The number of aryl methyl sites for hydroxylation is 1. The van der Waals surface area contributed by atoms with Gasteiger partial charge in [0.1, 0.15) is 11.2 Å². The second-order valence-corrected chi connectivity index (χ2v) is 6.66. The standard InChI is InChI=1S/C24H18O/c1-16-20-12-6-5-10-18(20)15-22-21-13-7-11-19(24(21)25-23(16)22)14-17-8-3-2-4-9-17/h2-13,15H,14H2,1H3. The summed E-state index contributed by atoms with van der Waals surface area (Å²) in [7, 11) is 0. The Morgan fingerprint density at radius 1 is 0.680 bits per heavy atom. The molecule has 5 rings (SSSR count). The fourth-order valence-corrected chi connectivity index (χ4v) is 3.82. The van der Waals surface area contributed by atoms with Crippen LogP contribution >= 0.6 is 0 Å². The number of hydrogen-bond acceptors (Lipinski definition) is 1. The highest BCUT2D eigenvalue weighted by Crippen LogP contribution is 2.37. The van der Waals surface area contributed by atoms with Crippen LogP contribution in [0.3, 0.4) is 0 Å². The van der Waals surface area contributed by atoms with Crippen molar-refractivity contribution >= 4 is 32.7 Å². The van der Waals surface area contributed by atoms with Gasteiger partial charge >= 0.3 is 0 Å². The number of furan rings is 1. The van der Waals surface area contributed by atoms with Gasteiger partial charge in [0.2, 0.25) is 0 Å². The maximum Gasteiger partial charge on any atom is 0.138 e. The van der Waals surface area contributed by atoms with Crippen molar-refractivity contribution in [1.29, 1.82) is 0 Å². The molecule has 0 fully saturated rings. The molecule has 25 heavy (non-hydrogen) atoms. The summed E-state index contributed by atoms with van der Waals surface area (Å²) in [5.41, 5.74) is 5.78. The Morgan fingerprint density at radius 2 is 1.44 bits per heavy atom. The Morgan fingerprint density at radius 3 is 2.32 bits per heavy atom. The molecule has 0 aliphatic carbocycles. The third kappa shape index (κ3) is 2.24. The van der Waals surface area contributed by atoms with Crippen LogP contribution in [-0.4, -0.2) is 0 Å². The predicted octanol–water partition coefficient (Wildman–Crippen LogP) is 6.64. The van der Waals surface area contributed by atoms with Gasteiger partial charge in [-0.15, -0.1) is 0 Å². The lowest BCUT2D eigenvalue weighted by Gasteiger charge is -2.02. The Labute approximate surface area is 146 Å². The normalized spacial score (nSPS) is 11.6. The smallest absolute Gasteiger partial charge is 0.138 e. The first-order chi connectivity index (χ1) is 12.3. The average Bonchev–Trinajstić information content (AvgIpc) is 3.03. The molecule has 1 heteroatoms. The molecule has 5 aromatic rings. The van der Waals surface area contributed by atoms with E-state index in [4.69, 9.17) is 4.42 Å². The zero-order chi connectivity index (χ0) is 16.8. The van der Waals surface area contributed by atoms with E-state index in [0.717, 1.165) is 17.6 Å². The van der Waals surface area contributed by atoms with E-state index in [1.54, 1.807) is 0 Å². The van der Waals surface area contributed by atoms with Gasteiger partial charge in [-0.1, -0.05) is 72.8 Å². The molecule has 1 nitrogen and oxygen atoms in total. The van der Waals surface area contributed by atoms with Crippen LogP contribution in [0.4, 0.5) is 0 Å². The maximum absolute atomic E-state index is 6.39. The summed E-state index contributed by atoms with van der Waals surface area (Å²) >= 11 is 0. The van der Waals surface area contributed by atoms with Gasteiger partial charge < -0.3 is 4.42 Å². The van der Waals surface area contributed by atoms with Crippen LogP contribution in [0.15, 0.2) is 83.3 Å². The molecule has 0 N–H and O–H groups in total. The number of rotatable bonds is 2. The van der Waals surface area contributed by atoms with Crippen molar-refractivity contribution in [1.82, 2.24) is 0 Å². The lowest BCUT2D eigenvalue weighted by atomic mass is 9.99. The molecular formula is C24H18O. The van der Waals surface area contributed by atoms with Crippen LogP contribution in [0, 0.1) is 6.92 Å². The highest BCUT2D eigenvalue weighted by molar-refractivity contribution is 6.12. The van der Waals surface area contributed by atoms with Gasteiger partial charge in [-0.25, -0.2) is 0 Å². The van der Waals surface area contributed by atoms with E-state index in [1.807, 2.05) is 0 Å². The van der Waals surface area contributed by atoms with Gasteiger partial charge in [-0.3, -0.25) is 0 Å². The van der Waals surface area contributed by atoms with Gasteiger partial charge in [0, 0.05) is 22.8 Å². The second kappa shape index (κ2) is 5.49. The lowest BCUT2D eigenvalue weighted by Crippen LogP contribution is -1.87. The van der Waals surface area contributed by atoms with Crippen LogP contribution in [0.25, 0.3) is 32.7 Å². The summed E-state index contributed by atoms with van der Waals surface area (Å²) in [5, 5.41) is 4.95. The Balaban J connectivity index is 1.80. The first kappa shape index (κ1) is 14.3. The van der Waals surface area contributed by atoms with Crippen molar-refractivity contribution in [3.8, 4) is 0 Å². The molecule has 1 aromatic heterocycles. The molecule has 0 atom stereocenters. The molecule has 0 spiro atoms. The van der Waals surface area contributed by atoms with Gasteiger partial charge in [-0.2, -0.15) is 0 Å². The van der Waals surface area contributed by atoms with Crippen molar-refractivity contribution in [3.05, 3.63) is 95.6 Å². The Kier molecular flexibility index (Phi) is 3.14. The third-order valence-electron chi connectivity index (χ3n) is 5.08. The number of hydrogen-bond donors (Lipinski definition) is 0. The maximum atomic E-state index is 6.39. The zero-order valence-corrected chi connectivity index (χ0v) is 14.1. The minimum atomic E-state index is 0.885. The summed E-state index contributed by atoms with van der Waals surface area (Å²) < 4.78 is 6.39. The number of fused-ring (bicyclic) bond motifs is 4. The summed E-state index contributed by atoms with van der Waals surface area (Å²) in [6, 6.07) is 27.8. The summed E-state index contributed by atoms with van der Waals surface area (Å²) in [6.45, 7) is 2.16. The first-order valence-electron chi connectivity index (χ1n) is 8.67. The van der Waals surface area contributed by atoms with Crippen molar-refractivity contribution in [2.24, 2.45) is 0 Å². The molecule has 0 unspecified atom stereocenters. The quantitative estimate of drug-likeness (QED) is 0.355. The van der Waals surface area contributed by atoms with Crippen LogP contribution in [-0.2, 0) is 6.42 Å². The molecular weight excluding hydrogens is 304 g/mol.